The van der Waals surface area contributed by atoms with Crippen molar-refractivity contribution in [2.24, 2.45) is 16.5 Å². The van der Waals surface area contributed by atoms with Gasteiger partial charge >= 0.3 is 0 Å². The number of aliphatic imine (C=N–C) groups is 1. The smallest absolute Gasteiger partial charge is 0.282 e. The second-order valence-electron chi connectivity index (χ2n) is 7.27. The molecule has 7 heteroatoms. The highest BCUT2D eigenvalue weighted by Crippen LogP contribution is 2.35. The van der Waals surface area contributed by atoms with Crippen molar-refractivity contribution in [3.63, 3.8) is 0 Å². The van der Waals surface area contributed by atoms with Crippen LogP contribution in [0.15, 0.2) is 35.3 Å². The summed E-state index contributed by atoms with van der Waals surface area (Å²) in [5, 5.41) is 0. The van der Waals surface area contributed by atoms with Crippen molar-refractivity contribution < 1.29 is 9.18 Å². The van der Waals surface area contributed by atoms with E-state index < -0.39 is 5.91 Å². The largest absolute Gasteiger partial charge is 0.370 e. The number of halogens is 2. The van der Waals surface area contributed by atoms with Gasteiger partial charge in [0.15, 0.2) is 5.96 Å². The maximum atomic E-state index is 13.1. The Labute approximate surface area is 171 Å². The molecular formula is C21H28ClFN4O. The minimum absolute atomic E-state index is 0. The fraction of sp³-hybridized carbons (Fsp3) is 0.429. The summed E-state index contributed by atoms with van der Waals surface area (Å²) in [6.45, 7) is 2.67. The molecule has 1 fully saturated rings. The van der Waals surface area contributed by atoms with Crippen LogP contribution in [0.4, 0.5) is 4.39 Å². The maximum absolute atomic E-state index is 13.1. The van der Waals surface area contributed by atoms with Crippen molar-refractivity contribution in [1.82, 2.24) is 4.57 Å². The number of nitrogens with zero attached hydrogens (tertiary/aromatic N) is 2. The summed E-state index contributed by atoms with van der Waals surface area (Å²) < 4.78 is 15.4. The Hall–Kier alpha value is -2.34. The molecule has 0 unspecified atom stereocenters. The molecule has 1 saturated carbocycles. The van der Waals surface area contributed by atoms with E-state index in [1.807, 2.05) is 13.0 Å². The summed E-state index contributed by atoms with van der Waals surface area (Å²) in [7, 11) is 0. The van der Waals surface area contributed by atoms with Crippen molar-refractivity contribution in [2.75, 3.05) is 0 Å². The van der Waals surface area contributed by atoms with Crippen LogP contribution in [0.3, 0.4) is 0 Å². The first kappa shape index (κ1) is 22.0. The van der Waals surface area contributed by atoms with Gasteiger partial charge < -0.3 is 16.0 Å². The third-order valence-electron chi connectivity index (χ3n) is 5.42. The van der Waals surface area contributed by atoms with Crippen LogP contribution >= 0.6 is 12.4 Å². The predicted octanol–water partition coefficient (Wildman–Crippen LogP) is 4.06. The van der Waals surface area contributed by atoms with E-state index in [1.54, 1.807) is 12.1 Å². The highest BCUT2D eigenvalue weighted by molar-refractivity contribution is 6.02. The van der Waals surface area contributed by atoms with Gasteiger partial charge in [0.25, 0.3) is 5.91 Å². The predicted molar refractivity (Wildman–Crippen MR) is 112 cm³/mol. The minimum Gasteiger partial charge on any atom is -0.370 e. The SMILES string of the molecule is Cc1c(C(=O)N=C(N)N)cc(C2CCCCC2)n1CCc1ccc(F)cc1.Cl. The number of carbonyl (C=O) groups excluding carboxylic acids is 1. The molecule has 0 aliphatic heterocycles. The number of hydrogen-bond donors (Lipinski definition) is 2. The van der Waals surface area contributed by atoms with Crippen LogP contribution in [0.5, 0.6) is 0 Å². The molecule has 1 heterocycles. The van der Waals surface area contributed by atoms with Crippen molar-refractivity contribution in [1.29, 1.82) is 0 Å². The normalized spacial score (nSPS) is 14.4. The van der Waals surface area contributed by atoms with Gasteiger partial charge in [0.2, 0.25) is 0 Å². The standard InChI is InChI=1S/C21H27FN4O.ClH/c1-14-18(20(27)25-21(23)24)13-19(16-5-3-2-4-6-16)26(14)12-11-15-7-9-17(22)10-8-15;/h7-10,13,16H,2-6,11-12H2,1H3,(H4,23,24,25,27);1H. The second-order valence-corrected chi connectivity index (χ2v) is 7.27. The average molecular weight is 407 g/mol. The van der Waals surface area contributed by atoms with Crippen molar-refractivity contribution >= 4 is 24.3 Å². The maximum Gasteiger partial charge on any atom is 0.282 e. The van der Waals surface area contributed by atoms with E-state index in [0.717, 1.165) is 37.1 Å². The minimum atomic E-state index is -0.398. The second kappa shape index (κ2) is 9.73. The van der Waals surface area contributed by atoms with Crippen molar-refractivity contribution in [3.05, 3.63) is 58.7 Å². The summed E-state index contributed by atoms with van der Waals surface area (Å²) in [6.07, 6.45) is 6.73. The van der Waals surface area contributed by atoms with E-state index in [9.17, 15) is 9.18 Å². The van der Waals surface area contributed by atoms with Gasteiger partial charge in [-0.3, -0.25) is 4.79 Å². The molecule has 0 radical (unpaired) electrons. The molecule has 28 heavy (non-hydrogen) atoms. The van der Waals surface area contributed by atoms with E-state index in [0.29, 0.717) is 11.5 Å². The average Bonchev–Trinajstić information content (AvgIpc) is 2.98. The Morgan fingerprint density at radius 2 is 1.82 bits per heavy atom. The molecule has 0 bridgehead atoms. The lowest BCUT2D eigenvalue weighted by Gasteiger charge is -2.24. The van der Waals surface area contributed by atoms with Gasteiger partial charge in [0.05, 0.1) is 5.56 Å². The number of rotatable bonds is 5. The molecule has 5 nitrogen and oxygen atoms in total. The molecule has 1 aliphatic carbocycles. The molecule has 4 N–H and O–H groups in total. The van der Waals surface area contributed by atoms with E-state index in [1.165, 1.54) is 37.1 Å². The van der Waals surface area contributed by atoms with Gasteiger partial charge in [-0.25, -0.2) is 4.39 Å². The molecule has 1 aromatic carbocycles. The quantitative estimate of drug-likeness (QED) is 0.579. The van der Waals surface area contributed by atoms with Gasteiger partial charge in [-0.05, 0) is 55.9 Å². The zero-order valence-electron chi connectivity index (χ0n) is 16.2. The van der Waals surface area contributed by atoms with Gasteiger partial charge in [0.1, 0.15) is 5.82 Å². The fourth-order valence-corrected chi connectivity index (χ4v) is 3.99. The molecule has 2 aromatic rings. The summed E-state index contributed by atoms with van der Waals surface area (Å²) in [6, 6.07) is 8.53. The molecule has 0 atom stereocenters. The zero-order valence-corrected chi connectivity index (χ0v) is 17.0. The lowest BCUT2D eigenvalue weighted by atomic mass is 9.86. The van der Waals surface area contributed by atoms with Crippen LogP contribution in [0.25, 0.3) is 0 Å². The van der Waals surface area contributed by atoms with E-state index in [-0.39, 0.29) is 24.2 Å². The Kier molecular flexibility index (Phi) is 7.63. The summed E-state index contributed by atoms with van der Waals surface area (Å²) in [5.41, 5.74) is 14.5. The van der Waals surface area contributed by atoms with Crippen LogP contribution in [0.2, 0.25) is 0 Å². The number of hydrogen-bond acceptors (Lipinski definition) is 1. The monoisotopic (exact) mass is 406 g/mol. The number of carbonyl (C=O) groups is 1. The summed E-state index contributed by atoms with van der Waals surface area (Å²) in [5.74, 6) is -0.405. The Morgan fingerprint density at radius 1 is 1.18 bits per heavy atom. The number of nitrogens with two attached hydrogens (primary N) is 2. The Balaban J connectivity index is 0.00000280. The number of guanidine groups is 1. The van der Waals surface area contributed by atoms with Gasteiger partial charge in [-0.2, -0.15) is 4.99 Å². The molecular weight excluding hydrogens is 379 g/mol. The van der Waals surface area contributed by atoms with Crippen molar-refractivity contribution in [2.45, 2.75) is 57.9 Å². The molecule has 152 valence electrons. The highest BCUT2D eigenvalue weighted by atomic mass is 35.5. The lowest BCUT2D eigenvalue weighted by Crippen LogP contribution is -2.24. The molecule has 0 spiro atoms. The number of benzene rings is 1. The first-order chi connectivity index (χ1) is 13.0. The van der Waals surface area contributed by atoms with Crippen molar-refractivity contribution in [3.8, 4) is 0 Å². The summed E-state index contributed by atoms with van der Waals surface area (Å²) in [4.78, 5) is 16.1. The molecule has 1 amide bonds. The molecule has 3 rings (SSSR count). The van der Waals surface area contributed by atoms with Crippen LogP contribution in [0, 0.1) is 12.7 Å². The molecule has 1 aromatic heterocycles. The Morgan fingerprint density at radius 3 is 2.43 bits per heavy atom. The van der Waals surface area contributed by atoms with Crippen LogP contribution < -0.4 is 11.5 Å². The van der Waals surface area contributed by atoms with E-state index in [4.69, 9.17) is 11.5 Å². The number of amides is 1. The third kappa shape index (κ3) is 5.13. The Bertz CT molecular complexity index is 835. The number of aromatic nitrogens is 1. The van der Waals surface area contributed by atoms with Crippen LogP contribution in [0.1, 0.15) is 65.3 Å². The van der Waals surface area contributed by atoms with E-state index in [2.05, 4.69) is 9.56 Å². The third-order valence-corrected chi connectivity index (χ3v) is 5.42. The lowest BCUT2D eigenvalue weighted by molar-refractivity contribution is 0.100. The highest BCUT2D eigenvalue weighted by Gasteiger charge is 2.24. The first-order valence-electron chi connectivity index (χ1n) is 9.54. The van der Waals surface area contributed by atoms with E-state index >= 15 is 0 Å². The number of aryl methyl sites for hydroxylation is 1. The van der Waals surface area contributed by atoms with Crippen LogP contribution in [-0.2, 0) is 13.0 Å². The zero-order chi connectivity index (χ0) is 19.4. The fourth-order valence-electron chi connectivity index (χ4n) is 3.99. The van der Waals surface area contributed by atoms with Gasteiger partial charge in [-0.1, -0.05) is 31.4 Å². The van der Waals surface area contributed by atoms with Gasteiger partial charge in [0, 0.05) is 17.9 Å². The summed E-state index contributed by atoms with van der Waals surface area (Å²) >= 11 is 0. The van der Waals surface area contributed by atoms with Crippen LogP contribution in [-0.4, -0.2) is 16.4 Å². The topological polar surface area (TPSA) is 86.4 Å². The first-order valence-corrected chi connectivity index (χ1v) is 9.54. The van der Waals surface area contributed by atoms with Gasteiger partial charge in [-0.15, -0.1) is 12.4 Å². The molecule has 0 saturated heterocycles. The molecule has 1 aliphatic rings.